The quantitative estimate of drug-likeness (QED) is 0.506. The number of H-pyrrole nitrogens is 1. The molecule has 1 aliphatic rings. The lowest BCUT2D eigenvalue weighted by Gasteiger charge is -2.32. The van der Waals surface area contributed by atoms with Gasteiger partial charge in [0.1, 0.15) is 5.75 Å². The summed E-state index contributed by atoms with van der Waals surface area (Å²) in [4.78, 5) is 32.7. The standard InChI is InChI=1S/C26H26N4O3/c1-29-10-12-30(13-11-29)26(32)17-6-7-20-22(15-17)28-24-21(25(27)31)9-8-19(23(20)24)16-4-3-5-18(14-16)33-2/h3-9,14-15,28H,10-13H2,1-2H3,(H2,27,31). The Morgan fingerprint density at radius 2 is 1.79 bits per heavy atom. The molecular formula is C26H26N4O3. The number of piperazine rings is 1. The summed E-state index contributed by atoms with van der Waals surface area (Å²) >= 11 is 0. The second-order valence-corrected chi connectivity index (χ2v) is 8.49. The van der Waals surface area contributed by atoms with Crippen molar-refractivity contribution in [2.75, 3.05) is 40.3 Å². The Morgan fingerprint density at radius 3 is 2.52 bits per heavy atom. The topological polar surface area (TPSA) is 91.7 Å². The van der Waals surface area contributed by atoms with Crippen LogP contribution in [0.1, 0.15) is 20.7 Å². The molecule has 33 heavy (non-hydrogen) atoms. The Balaban J connectivity index is 1.66. The zero-order chi connectivity index (χ0) is 23.1. The number of carbonyl (C=O) groups is 2. The van der Waals surface area contributed by atoms with Crippen molar-refractivity contribution in [2.45, 2.75) is 0 Å². The number of aromatic amines is 1. The van der Waals surface area contributed by atoms with Crippen LogP contribution in [0.15, 0.2) is 54.6 Å². The Morgan fingerprint density at radius 1 is 1.00 bits per heavy atom. The highest BCUT2D eigenvalue weighted by molar-refractivity contribution is 6.20. The molecule has 7 nitrogen and oxygen atoms in total. The molecule has 2 amide bonds. The van der Waals surface area contributed by atoms with E-state index in [1.807, 2.05) is 53.4 Å². The summed E-state index contributed by atoms with van der Waals surface area (Å²) in [6, 6.07) is 17.1. The maximum absolute atomic E-state index is 13.1. The molecule has 0 spiro atoms. The number of nitrogens with one attached hydrogen (secondary N) is 1. The smallest absolute Gasteiger partial charge is 0.254 e. The molecule has 0 unspecified atom stereocenters. The van der Waals surface area contributed by atoms with Crippen LogP contribution in [-0.4, -0.2) is 66.9 Å². The summed E-state index contributed by atoms with van der Waals surface area (Å²) in [5, 5.41) is 1.83. The summed E-state index contributed by atoms with van der Waals surface area (Å²) < 4.78 is 5.40. The summed E-state index contributed by atoms with van der Waals surface area (Å²) in [7, 11) is 3.70. The second kappa shape index (κ2) is 8.26. The minimum absolute atomic E-state index is 0.0202. The number of nitrogens with two attached hydrogens (primary N) is 1. The van der Waals surface area contributed by atoms with E-state index in [0.29, 0.717) is 29.7 Å². The molecule has 0 atom stereocenters. The number of likely N-dealkylation sites (N-methyl/N-ethyl adjacent to an activating group) is 1. The first-order chi connectivity index (χ1) is 16.0. The number of fused-ring (bicyclic) bond motifs is 3. The average molecular weight is 443 g/mol. The van der Waals surface area contributed by atoms with Gasteiger partial charge in [-0.1, -0.05) is 24.3 Å². The van der Waals surface area contributed by atoms with Crippen LogP contribution in [0.25, 0.3) is 32.9 Å². The minimum atomic E-state index is -0.502. The van der Waals surface area contributed by atoms with E-state index in [1.54, 1.807) is 13.2 Å². The van der Waals surface area contributed by atoms with Gasteiger partial charge in [-0.25, -0.2) is 0 Å². The Hall–Kier alpha value is -3.84. The Kier molecular flexibility index (Phi) is 5.26. The van der Waals surface area contributed by atoms with E-state index in [0.717, 1.165) is 46.3 Å². The van der Waals surface area contributed by atoms with Gasteiger partial charge in [0.15, 0.2) is 0 Å². The number of rotatable bonds is 4. The molecule has 5 rings (SSSR count). The van der Waals surface area contributed by atoms with Crippen molar-refractivity contribution >= 4 is 33.6 Å². The zero-order valence-electron chi connectivity index (χ0n) is 18.7. The molecule has 3 N–H and O–H groups in total. The minimum Gasteiger partial charge on any atom is -0.497 e. The summed E-state index contributed by atoms with van der Waals surface area (Å²) in [5.74, 6) is 0.267. The van der Waals surface area contributed by atoms with Crippen molar-refractivity contribution < 1.29 is 14.3 Å². The molecule has 168 valence electrons. The molecule has 0 aliphatic carbocycles. The first-order valence-corrected chi connectivity index (χ1v) is 11.0. The van der Waals surface area contributed by atoms with Crippen molar-refractivity contribution in [1.29, 1.82) is 0 Å². The van der Waals surface area contributed by atoms with Crippen LogP contribution in [0.3, 0.4) is 0 Å². The number of aromatic nitrogens is 1. The van der Waals surface area contributed by atoms with Gasteiger partial charge in [0.2, 0.25) is 0 Å². The predicted molar refractivity (Wildman–Crippen MR) is 130 cm³/mol. The maximum atomic E-state index is 13.1. The van der Waals surface area contributed by atoms with E-state index < -0.39 is 5.91 Å². The van der Waals surface area contributed by atoms with Gasteiger partial charge in [-0.05, 0) is 48.5 Å². The van der Waals surface area contributed by atoms with Crippen LogP contribution in [-0.2, 0) is 0 Å². The molecule has 0 saturated carbocycles. The van der Waals surface area contributed by atoms with Crippen molar-refractivity contribution in [1.82, 2.24) is 14.8 Å². The van der Waals surface area contributed by atoms with E-state index >= 15 is 0 Å². The van der Waals surface area contributed by atoms with Gasteiger partial charge in [0, 0.05) is 48.0 Å². The molecule has 0 bridgehead atoms. The van der Waals surface area contributed by atoms with Gasteiger partial charge in [-0.15, -0.1) is 0 Å². The number of nitrogens with zero attached hydrogens (tertiary/aromatic N) is 2. The number of benzene rings is 3. The van der Waals surface area contributed by atoms with Crippen LogP contribution in [0, 0.1) is 0 Å². The van der Waals surface area contributed by atoms with E-state index in [9.17, 15) is 9.59 Å². The van der Waals surface area contributed by atoms with Gasteiger partial charge in [0.25, 0.3) is 11.8 Å². The Labute approximate surface area is 191 Å². The molecule has 3 aromatic carbocycles. The Bertz CT molecular complexity index is 1380. The average Bonchev–Trinajstić information content (AvgIpc) is 3.22. The lowest BCUT2D eigenvalue weighted by Crippen LogP contribution is -2.47. The van der Waals surface area contributed by atoms with Gasteiger partial charge in [-0.3, -0.25) is 9.59 Å². The van der Waals surface area contributed by atoms with Crippen LogP contribution < -0.4 is 10.5 Å². The van der Waals surface area contributed by atoms with Crippen LogP contribution in [0.4, 0.5) is 0 Å². The number of hydrogen-bond acceptors (Lipinski definition) is 4. The highest BCUT2D eigenvalue weighted by atomic mass is 16.5. The molecule has 1 aliphatic heterocycles. The van der Waals surface area contributed by atoms with Gasteiger partial charge >= 0.3 is 0 Å². The predicted octanol–water partition coefficient (Wildman–Crippen LogP) is 3.48. The first-order valence-electron chi connectivity index (χ1n) is 11.0. The van der Waals surface area contributed by atoms with E-state index in [4.69, 9.17) is 10.5 Å². The summed E-state index contributed by atoms with van der Waals surface area (Å²) in [6.07, 6.45) is 0. The monoisotopic (exact) mass is 442 g/mol. The maximum Gasteiger partial charge on any atom is 0.254 e. The number of carbonyl (C=O) groups excluding carboxylic acids is 2. The molecule has 7 heteroatoms. The molecular weight excluding hydrogens is 416 g/mol. The number of methoxy groups -OCH3 is 1. The number of hydrogen-bond donors (Lipinski definition) is 2. The number of ether oxygens (including phenoxy) is 1. The van der Waals surface area contributed by atoms with E-state index in [-0.39, 0.29) is 5.91 Å². The lowest BCUT2D eigenvalue weighted by atomic mass is 9.96. The van der Waals surface area contributed by atoms with Gasteiger partial charge < -0.3 is 25.3 Å². The fourth-order valence-corrected chi connectivity index (χ4v) is 4.57. The molecule has 1 aromatic heterocycles. The van der Waals surface area contributed by atoms with Crippen LogP contribution in [0.5, 0.6) is 5.75 Å². The normalized spacial score (nSPS) is 14.7. The summed E-state index contributed by atoms with van der Waals surface area (Å²) in [6.45, 7) is 3.16. The van der Waals surface area contributed by atoms with Crippen molar-refractivity contribution in [3.63, 3.8) is 0 Å². The lowest BCUT2D eigenvalue weighted by molar-refractivity contribution is 0.0664. The van der Waals surface area contributed by atoms with E-state index in [2.05, 4.69) is 16.9 Å². The number of primary amides is 1. The molecule has 0 radical (unpaired) electrons. The van der Waals surface area contributed by atoms with Gasteiger partial charge in [0.05, 0.1) is 18.2 Å². The number of amides is 2. The van der Waals surface area contributed by atoms with Crippen LogP contribution >= 0.6 is 0 Å². The molecule has 4 aromatic rings. The molecule has 2 heterocycles. The fraction of sp³-hybridized carbons (Fsp3) is 0.231. The van der Waals surface area contributed by atoms with E-state index in [1.165, 1.54) is 0 Å². The van der Waals surface area contributed by atoms with Crippen molar-refractivity contribution in [3.05, 3.63) is 65.7 Å². The largest absolute Gasteiger partial charge is 0.497 e. The zero-order valence-corrected chi connectivity index (χ0v) is 18.7. The summed E-state index contributed by atoms with van der Waals surface area (Å²) in [5.41, 5.74) is 10.1. The highest BCUT2D eigenvalue weighted by Gasteiger charge is 2.22. The highest BCUT2D eigenvalue weighted by Crippen LogP contribution is 2.37. The van der Waals surface area contributed by atoms with Crippen molar-refractivity contribution in [3.8, 4) is 16.9 Å². The third kappa shape index (κ3) is 3.70. The first kappa shape index (κ1) is 21.0. The molecule has 1 fully saturated rings. The van der Waals surface area contributed by atoms with Crippen molar-refractivity contribution in [2.24, 2.45) is 5.73 Å². The third-order valence-corrected chi connectivity index (χ3v) is 6.44. The van der Waals surface area contributed by atoms with Gasteiger partial charge in [-0.2, -0.15) is 0 Å². The SMILES string of the molecule is COc1cccc(-c2ccc(C(N)=O)c3[nH]c4cc(C(=O)N5CCN(C)CC5)ccc4c23)c1. The molecule has 1 saturated heterocycles. The second-order valence-electron chi connectivity index (χ2n) is 8.49. The fourth-order valence-electron chi connectivity index (χ4n) is 4.57. The third-order valence-electron chi connectivity index (χ3n) is 6.44. The van der Waals surface area contributed by atoms with Crippen LogP contribution in [0.2, 0.25) is 0 Å².